The molecule has 0 saturated carbocycles. The summed E-state index contributed by atoms with van der Waals surface area (Å²) in [5, 5.41) is 32.3. The Balaban J connectivity index is 1.56. The molecule has 0 unspecified atom stereocenters. The maximum absolute atomic E-state index is 12.0. The maximum atomic E-state index is 12.0. The number of alkyl carbamates (subject to hydrolysis) is 1. The fraction of sp³-hybridized carbons (Fsp3) is 0.333. The average Bonchev–Trinajstić information content (AvgIpc) is 3.08. The molecule has 0 aromatic heterocycles. The molecule has 0 bridgehead atoms. The van der Waals surface area contributed by atoms with Crippen molar-refractivity contribution in [3.05, 3.63) is 59.7 Å². The average molecular weight is 400 g/mol. The van der Waals surface area contributed by atoms with Crippen LogP contribution < -0.4 is 10.6 Å². The van der Waals surface area contributed by atoms with Gasteiger partial charge in [-0.1, -0.05) is 48.5 Å². The van der Waals surface area contributed by atoms with Gasteiger partial charge in [-0.05, 0) is 22.3 Å². The number of carbonyl (C=O) groups is 2. The van der Waals surface area contributed by atoms with Crippen LogP contribution in [0.4, 0.5) is 4.79 Å². The minimum atomic E-state index is -1.54. The van der Waals surface area contributed by atoms with Gasteiger partial charge < -0.3 is 30.7 Å². The molecular weight excluding hydrogens is 376 g/mol. The molecule has 0 saturated heterocycles. The van der Waals surface area contributed by atoms with Crippen molar-refractivity contribution in [1.29, 1.82) is 0 Å². The zero-order valence-corrected chi connectivity index (χ0v) is 15.8. The number of aliphatic hydroxyl groups excluding tert-OH is 3. The van der Waals surface area contributed by atoms with Crippen LogP contribution in [0.3, 0.4) is 0 Å². The van der Waals surface area contributed by atoms with Crippen molar-refractivity contribution in [1.82, 2.24) is 10.6 Å². The van der Waals surface area contributed by atoms with Crippen molar-refractivity contribution >= 4 is 12.0 Å². The highest BCUT2D eigenvalue weighted by atomic mass is 16.5. The highest BCUT2D eigenvalue weighted by Crippen LogP contribution is 2.44. The van der Waals surface area contributed by atoms with E-state index in [0.717, 1.165) is 22.3 Å². The van der Waals surface area contributed by atoms with Gasteiger partial charge in [-0.25, -0.2) is 4.79 Å². The van der Waals surface area contributed by atoms with Gasteiger partial charge in [0.25, 0.3) is 0 Å². The van der Waals surface area contributed by atoms with E-state index in [1.807, 2.05) is 48.5 Å². The molecule has 0 atom stereocenters. The van der Waals surface area contributed by atoms with Crippen LogP contribution in [0.15, 0.2) is 48.5 Å². The molecule has 29 heavy (non-hydrogen) atoms. The number of aliphatic hydroxyl groups is 3. The summed E-state index contributed by atoms with van der Waals surface area (Å²) >= 11 is 0. The number of carbonyl (C=O) groups excluding carboxylic acids is 2. The summed E-state index contributed by atoms with van der Waals surface area (Å²) in [6.45, 7) is -2.22. The van der Waals surface area contributed by atoms with Gasteiger partial charge >= 0.3 is 6.09 Å². The second-order valence-corrected chi connectivity index (χ2v) is 6.98. The quantitative estimate of drug-likeness (QED) is 0.435. The van der Waals surface area contributed by atoms with Crippen LogP contribution in [0, 0.1) is 0 Å². The molecule has 1 aliphatic carbocycles. The number of rotatable bonds is 8. The highest BCUT2D eigenvalue weighted by Gasteiger charge is 2.31. The Labute approximate surface area is 168 Å². The molecule has 2 aromatic carbocycles. The minimum Gasteiger partial charge on any atom is -0.449 e. The highest BCUT2D eigenvalue weighted by molar-refractivity contribution is 5.83. The second kappa shape index (κ2) is 9.04. The second-order valence-electron chi connectivity index (χ2n) is 6.98. The van der Waals surface area contributed by atoms with Gasteiger partial charge in [0.1, 0.15) is 18.7 Å². The first-order valence-electron chi connectivity index (χ1n) is 9.26. The van der Waals surface area contributed by atoms with E-state index >= 15 is 0 Å². The summed E-state index contributed by atoms with van der Waals surface area (Å²) in [5.74, 6) is -0.761. The summed E-state index contributed by atoms with van der Waals surface area (Å²) in [6, 6.07) is 15.9. The number of amides is 2. The number of benzene rings is 2. The Kier molecular flexibility index (Phi) is 6.48. The van der Waals surface area contributed by atoms with Crippen molar-refractivity contribution in [2.24, 2.45) is 0 Å². The monoisotopic (exact) mass is 400 g/mol. The van der Waals surface area contributed by atoms with Gasteiger partial charge in [-0.15, -0.1) is 0 Å². The first-order valence-corrected chi connectivity index (χ1v) is 9.26. The molecule has 5 N–H and O–H groups in total. The summed E-state index contributed by atoms with van der Waals surface area (Å²) < 4.78 is 5.32. The van der Waals surface area contributed by atoms with Gasteiger partial charge in [-0.2, -0.15) is 0 Å². The van der Waals surface area contributed by atoms with Crippen molar-refractivity contribution in [2.75, 3.05) is 33.0 Å². The van der Waals surface area contributed by atoms with Crippen molar-refractivity contribution in [2.45, 2.75) is 11.5 Å². The van der Waals surface area contributed by atoms with Gasteiger partial charge in [0.2, 0.25) is 5.91 Å². The van der Waals surface area contributed by atoms with E-state index in [2.05, 4.69) is 10.6 Å². The van der Waals surface area contributed by atoms with E-state index in [0.29, 0.717) is 0 Å². The van der Waals surface area contributed by atoms with Gasteiger partial charge in [0.15, 0.2) is 0 Å². The molecule has 8 nitrogen and oxygen atoms in total. The zero-order valence-electron chi connectivity index (χ0n) is 15.8. The van der Waals surface area contributed by atoms with E-state index in [1.54, 1.807) is 0 Å². The lowest BCUT2D eigenvalue weighted by Crippen LogP contribution is -2.58. The molecule has 2 amide bonds. The summed E-state index contributed by atoms with van der Waals surface area (Å²) in [7, 11) is 0. The minimum absolute atomic E-state index is 0.0900. The zero-order chi connectivity index (χ0) is 20.9. The van der Waals surface area contributed by atoms with Crippen LogP contribution in [-0.4, -0.2) is 65.8 Å². The Bertz CT molecular complexity index is 827. The molecule has 3 rings (SSSR count). The standard InChI is InChI=1S/C21H24N2O6/c24-11-21(12-25,13-26)23-19(27)9-22-20(28)29-10-18-16-7-3-1-5-14(16)15-6-2-4-8-17(15)18/h1-8,18,24-26H,9-13H2,(H,22,28)(H,23,27). The molecule has 0 spiro atoms. The number of nitrogens with one attached hydrogen (secondary N) is 2. The third-order valence-electron chi connectivity index (χ3n) is 5.05. The van der Waals surface area contributed by atoms with Crippen molar-refractivity contribution < 1.29 is 29.6 Å². The predicted molar refractivity (Wildman–Crippen MR) is 105 cm³/mol. The van der Waals surface area contributed by atoms with Crippen LogP contribution in [0.25, 0.3) is 11.1 Å². The summed E-state index contributed by atoms with van der Waals surface area (Å²) in [5.41, 5.74) is 2.85. The van der Waals surface area contributed by atoms with E-state index in [9.17, 15) is 24.9 Å². The lowest BCUT2D eigenvalue weighted by Gasteiger charge is -2.28. The van der Waals surface area contributed by atoms with Gasteiger partial charge in [-0.3, -0.25) is 4.79 Å². The van der Waals surface area contributed by atoms with E-state index in [-0.39, 0.29) is 12.5 Å². The number of hydrogen-bond acceptors (Lipinski definition) is 6. The van der Waals surface area contributed by atoms with Crippen molar-refractivity contribution in [3.63, 3.8) is 0 Å². The number of ether oxygens (including phenoxy) is 1. The van der Waals surface area contributed by atoms with Crippen LogP contribution >= 0.6 is 0 Å². The number of hydrogen-bond donors (Lipinski definition) is 5. The third-order valence-corrected chi connectivity index (χ3v) is 5.05. The molecule has 0 aliphatic heterocycles. The Hall–Kier alpha value is -2.94. The lowest BCUT2D eigenvalue weighted by molar-refractivity contribution is -0.124. The van der Waals surface area contributed by atoms with Crippen LogP contribution in [0.5, 0.6) is 0 Å². The van der Waals surface area contributed by atoms with E-state index in [4.69, 9.17) is 4.74 Å². The smallest absolute Gasteiger partial charge is 0.407 e. The predicted octanol–water partition coefficient (Wildman–Crippen LogP) is 0.357. The normalized spacial score (nSPS) is 12.8. The molecule has 1 aliphatic rings. The van der Waals surface area contributed by atoms with E-state index < -0.39 is 43.9 Å². The molecule has 154 valence electrons. The van der Waals surface area contributed by atoms with Crippen LogP contribution in [-0.2, 0) is 9.53 Å². The topological polar surface area (TPSA) is 128 Å². The van der Waals surface area contributed by atoms with Crippen LogP contribution in [0.1, 0.15) is 17.0 Å². The van der Waals surface area contributed by atoms with E-state index in [1.165, 1.54) is 0 Å². The Morgan fingerprint density at radius 2 is 1.41 bits per heavy atom. The summed E-state index contributed by atoms with van der Waals surface area (Å²) in [4.78, 5) is 24.0. The number of fused-ring (bicyclic) bond motifs is 3. The Morgan fingerprint density at radius 3 is 1.93 bits per heavy atom. The van der Waals surface area contributed by atoms with Gasteiger partial charge in [0, 0.05) is 5.92 Å². The molecule has 0 radical (unpaired) electrons. The fourth-order valence-corrected chi connectivity index (χ4v) is 3.41. The van der Waals surface area contributed by atoms with Crippen molar-refractivity contribution in [3.8, 4) is 11.1 Å². The van der Waals surface area contributed by atoms with Crippen LogP contribution in [0.2, 0.25) is 0 Å². The fourth-order valence-electron chi connectivity index (χ4n) is 3.41. The SMILES string of the molecule is O=C(CNC(=O)OCC1c2ccccc2-c2ccccc21)NC(CO)(CO)CO. The Morgan fingerprint density at radius 1 is 0.897 bits per heavy atom. The molecular formula is C21H24N2O6. The molecule has 2 aromatic rings. The lowest BCUT2D eigenvalue weighted by atomic mass is 9.98. The largest absolute Gasteiger partial charge is 0.449 e. The first kappa shape index (κ1) is 20.8. The maximum Gasteiger partial charge on any atom is 0.407 e. The molecule has 0 heterocycles. The van der Waals surface area contributed by atoms with Gasteiger partial charge in [0.05, 0.1) is 19.8 Å². The summed E-state index contributed by atoms with van der Waals surface area (Å²) in [6.07, 6.45) is -0.760. The third kappa shape index (κ3) is 4.40. The molecule has 8 heteroatoms. The first-order chi connectivity index (χ1) is 14.0. The molecule has 0 fully saturated rings.